The van der Waals surface area contributed by atoms with Crippen LogP contribution in [-0.2, 0) is 0 Å². The molecule has 1 heterocycles. The lowest BCUT2D eigenvalue weighted by Gasteiger charge is -2.35. The van der Waals surface area contributed by atoms with Crippen LogP contribution in [0.5, 0.6) is 0 Å². The standard InChI is InChI=1S/C16H21N3O2/c20-11-16(8-4-1-5-9-16)10-17-15(21)14-12-6-2-3-7-13(12)18-19-14/h2-3,6-7,20H,1,4-5,8-11H2,(H,17,21)(H,18,19). The van der Waals surface area contributed by atoms with Gasteiger partial charge in [0, 0.05) is 17.3 Å². The molecule has 3 N–H and O–H groups in total. The number of aromatic nitrogens is 2. The van der Waals surface area contributed by atoms with E-state index in [4.69, 9.17) is 0 Å². The number of rotatable bonds is 4. The van der Waals surface area contributed by atoms with Crippen molar-refractivity contribution in [3.8, 4) is 0 Å². The number of amides is 1. The van der Waals surface area contributed by atoms with E-state index in [1.165, 1.54) is 6.42 Å². The van der Waals surface area contributed by atoms with Crippen LogP contribution in [0.15, 0.2) is 24.3 Å². The van der Waals surface area contributed by atoms with E-state index in [2.05, 4.69) is 15.5 Å². The molecule has 0 bridgehead atoms. The van der Waals surface area contributed by atoms with Gasteiger partial charge in [-0.3, -0.25) is 9.89 Å². The van der Waals surface area contributed by atoms with Crippen LogP contribution in [0.2, 0.25) is 0 Å². The van der Waals surface area contributed by atoms with Crippen molar-refractivity contribution in [3.05, 3.63) is 30.0 Å². The number of carbonyl (C=O) groups excluding carboxylic acids is 1. The number of nitrogens with one attached hydrogen (secondary N) is 2. The fourth-order valence-electron chi connectivity index (χ4n) is 3.18. The summed E-state index contributed by atoms with van der Waals surface area (Å²) >= 11 is 0. The number of nitrogens with zero attached hydrogens (tertiary/aromatic N) is 1. The number of para-hydroxylation sites is 1. The first kappa shape index (κ1) is 14.1. The van der Waals surface area contributed by atoms with Crippen molar-refractivity contribution in [1.82, 2.24) is 15.5 Å². The van der Waals surface area contributed by atoms with Gasteiger partial charge in [0.1, 0.15) is 0 Å². The Hall–Kier alpha value is -1.88. The molecule has 0 aliphatic heterocycles. The van der Waals surface area contributed by atoms with Crippen LogP contribution in [0.1, 0.15) is 42.6 Å². The minimum absolute atomic E-state index is 0.134. The molecule has 1 aromatic heterocycles. The number of hydrogen-bond donors (Lipinski definition) is 3. The molecule has 0 saturated heterocycles. The molecule has 0 unspecified atom stereocenters. The van der Waals surface area contributed by atoms with Gasteiger partial charge in [-0.1, -0.05) is 37.5 Å². The number of benzene rings is 1. The normalized spacial score (nSPS) is 17.8. The Labute approximate surface area is 123 Å². The zero-order chi connectivity index (χ0) is 14.7. The highest BCUT2D eigenvalue weighted by Crippen LogP contribution is 2.35. The van der Waals surface area contributed by atoms with Crippen molar-refractivity contribution < 1.29 is 9.90 Å². The lowest BCUT2D eigenvalue weighted by molar-refractivity contribution is 0.0716. The Balaban J connectivity index is 1.71. The predicted octanol–water partition coefficient (Wildman–Crippen LogP) is 2.24. The molecule has 1 saturated carbocycles. The van der Waals surface area contributed by atoms with Gasteiger partial charge in [0.2, 0.25) is 0 Å². The zero-order valence-electron chi connectivity index (χ0n) is 12.1. The first-order valence-corrected chi connectivity index (χ1v) is 7.56. The van der Waals surface area contributed by atoms with Gasteiger partial charge < -0.3 is 10.4 Å². The molecule has 0 radical (unpaired) electrons. The maximum atomic E-state index is 12.3. The molecule has 1 amide bonds. The number of aliphatic hydroxyl groups is 1. The molecule has 0 spiro atoms. The van der Waals surface area contributed by atoms with Crippen LogP contribution in [0.4, 0.5) is 0 Å². The summed E-state index contributed by atoms with van der Waals surface area (Å²) in [6.45, 7) is 0.651. The van der Waals surface area contributed by atoms with Crippen molar-refractivity contribution in [2.45, 2.75) is 32.1 Å². The Kier molecular flexibility index (Phi) is 3.92. The van der Waals surface area contributed by atoms with Crippen LogP contribution in [0, 0.1) is 5.41 Å². The fraction of sp³-hybridized carbons (Fsp3) is 0.500. The number of hydrogen-bond acceptors (Lipinski definition) is 3. The second kappa shape index (κ2) is 5.85. The SMILES string of the molecule is O=C(NCC1(CO)CCCCC1)c1n[nH]c2ccccc12. The highest BCUT2D eigenvalue weighted by atomic mass is 16.3. The summed E-state index contributed by atoms with van der Waals surface area (Å²) in [5, 5.41) is 20.4. The van der Waals surface area contributed by atoms with Crippen molar-refractivity contribution in [1.29, 1.82) is 0 Å². The Morgan fingerprint density at radius 2 is 2.05 bits per heavy atom. The van der Waals surface area contributed by atoms with Gasteiger partial charge in [0.15, 0.2) is 5.69 Å². The summed E-state index contributed by atoms with van der Waals surface area (Å²) in [7, 11) is 0. The minimum atomic E-state index is -0.175. The van der Waals surface area contributed by atoms with Crippen molar-refractivity contribution >= 4 is 16.8 Å². The van der Waals surface area contributed by atoms with E-state index >= 15 is 0 Å². The summed E-state index contributed by atoms with van der Waals surface area (Å²) in [6, 6.07) is 7.58. The van der Waals surface area contributed by atoms with E-state index < -0.39 is 0 Å². The Morgan fingerprint density at radius 3 is 2.81 bits per heavy atom. The molecule has 2 aromatic rings. The summed E-state index contributed by atoms with van der Waals surface area (Å²) in [5.41, 5.74) is 1.13. The van der Waals surface area contributed by atoms with Crippen LogP contribution in [-0.4, -0.2) is 34.4 Å². The predicted molar refractivity (Wildman–Crippen MR) is 81.0 cm³/mol. The van der Waals surface area contributed by atoms with Gasteiger partial charge >= 0.3 is 0 Å². The van der Waals surface area contributed by atoms with Crippen LogP contribution in [0.3, 0.4) is 0 Å². The lowest BCUT2D eigenvalue weighted by atomic mass is 9.74. The average molecular weight is 287 g/mol. The maximum Gasteiger partial charge on any atom is 0.272 e. The molecule has 1 fully saturated rings. The molecular weight excluding hydrogens is 266 g/mol. The molecule has 0 atom stereocenters. The first-order chi connectivity index (χ1) is 10.2. The second-order valence-corrected chi connectivity index (χ2v) is 6.02. The molecule has 5 nitrogen and oxygen atoms in total. The highest BCUT2D eigenvalue weighted by Gasteiger charge is 2.32. The zero-order valence-corrected chi connectivity index (χ0v) is 12.1. The summed E-state index contributed by atoms with van der Waals surface area (Å²) in [4.78, 5) is 12.3. The van der Waals surface area contributed by atoms with Crippen LogP contribution < -0.4 is 5.32 Å². The average Bonchev–Trinajstić information content (AvgIpc) is 2.98. The third-order valence-corrected chi connectivity index (χ3v) is 4.56. The van der Waals surface area contributed by atoms with Gasteiger partial charge in [-0.15, -0.1) is 0 Å². The van der Waals surface area contributed by atoms with Crippen molar-refractivity contribution in [3.63, 3.8) is 0 Å². The van der Waals surface area contributed by atoms with Gasteiger partial charge in [-0.2, -0.15) is 5.10 Å². The summed E-state index contributed by atoms with van der Waals surface area (Å²) in [6.07, 6.45) is 5.43. The van der Waals surface area contributed by atoms with Gasteiger partial charge in [0.25, 0.3) is 5.91 Å². The summed E-state index contributed by atoms with van der Waals surface area (Å²) < 4.78 is 0. The third-order valence-electron chi connectivity index (χ3n) is 4.56. The van der Waals surface area contributed by atoms with Crippen molar-refractivity contribution in [2.24, 2.45) is 5.41 Å². The number of H-pyrrole nitrogens is 1. The molecule has 1 aromatic carbocycles. The number of carbonyl (C=O) groups is 1. The molecule has 1 aliphatic carbocycles. The molecular formula is C16H21N3O2. The van der Waals surface area contributed by atoms with E-state index in [0.717, 1.165) is 36.6 Å². The van der Waals surface area contributed by atoms with Gasteiger partial charge in [-0.05, 0) is 18.9 Å². The molecule has 5 heteroatoms. The van der Waals surface area contributed by atoms with Crippen LogP contribution >= 0.6 is 0 Å². The molecule has 1 aliphatic rings. The first-order valence-electron chi connectivity index (χ1n) is 7.56. The molecule has 21 heavy (non-hydrogen) atoms. The number of fused-ring (bicyclic) bond motifs is 1. The quantitative estimate of drug-likeness (QED) is 0.807. The second-order valence-electron chi connectivity index (χ2n) is 6.02. The van der Waals surface area contributed by atoms with E-state index in [9.17, 15) is 9.90 Å². The fourth-order valence-corrected chi connectivity index (χ4v) is 3.18. The Bertz CT molecular complexity index is 629. The van der Waals surface area contributed by atoms with E-state index in [-0.39, 0.29) is 17.9 Å². The monoisotopic (exact) mass is 287 g/mol. The number of aliphatic hydroxyl groups excluding tert-OH is 1. The molecule has 3 rings (SSSR count). The maximum absolute atomic E-state index is 12.3. The number of aromatic amines is 1. The van der Waals surface area contributed by atoms with Gasteiger partial charge in [-0.25, -0.2) is 0 Å². The van der Waals surface area contributed by atoms with E-state index in [1.807, 2.05) is 24.3 Å². The smallest absolute Gasteiger partial charge is 0.272 e. The van der Waals surface area contributed by atoms with E-state index in [1.54, 1.807) is 0 Å². The highest BCUT2D eigenvalue weighted by molar-refractivity contribution is 6.04. The topological polar surface area (TPSA) is 78.0 Å². The largest absolute Gasteiger partial charge is 0.396 e. The molecule has 112 valence electrons. The Morgan fingerprint density at radius 1 is 1.29 bits per heavy atom. The van der Waals surface area contributed by atoms with E-state index in [0.29, 0.717) is 12.2 Å². The summed E-state index contributed by atoms with van der Waals surface area (Å²) in [5.74, 6) is -0.175. The van der Waals surface area contributed by atoms with Crippen LogP contribution in [0.25, 0.3) is 10.9 Å². The van der Waals surface area contributed by atoms with Gasteiger partial charge in [0.05, 0.1) is 12.1 Å². The lowest BCUT2D eigenvalue weighted by Crippen LogP contribution is -2.41. The minimum Gasteiger partial charge on any atom is -0.396 e. The van der Waals surface area contributed by atoms with Crippen molar-refractivity contribution in [2.75, 3.05) is 13.2 Å². The third kappa shape index (κ3) is 2.78.